The quantitative estimate of drug-likeness (QED) is 0.0935. The molecule has 58 heavy (non-hydrogen) atoms. The van der Waals surface area contributed by atoms with Crippen LogP contribution in [0.2, 0.25) is 0 Å². The Labute approximate surface area is 346 Å². The van der Waals surface area contributed by atoms with Crippen LogP contribution < -0.4 is 16.4 Å². The molecule has 2 aliphatic carbocycles. The van der Waals surface area contributed by atoms with Gasteiger partial charge in [-0.1, -0.05) is 144 Å². The number of nitrogens with zero attached hydrogens (tertiary/aromatic N) is 2. The second-order valence-corrected chi connectivity index (χ2v) is 16.4. The standard InChI is InChI=1S/C53H47B3N2/c1-29-44-28-45-47(48(44)32(4)52(56)51(29)55)30(2)46(31(3)50(45)54)39-17-12-19-41(27-39)53(57-33(5)35-22-24-37(25-23-35)36-14-8-7-9-15-36)58-34(6)42-21-13-18-40-26-38-16-10-11-20-43(38)49(40)42/h7-25,27H,6,26,28,54-56H2,1-5H3/b57-33+,58-53-. The number of hydrogen-bond acceptors (Lipinski definition) is 1. The van der Waals surface area contributed by atoms with E-state index in [-0.39, 0.29) is 0 Å². The van der Waals surface area contributed by atoms with Crippen LogP contribution in [-0.4, -0.2) is 35.1 Å². The maximum absolute atomic E-state index is 5.36. The van der Waals surface area contributed by atoms with Crippen molar-refractivity contribution in [2.75, 3.05) is 0 Å². The third-order valence-electron chi connectivity index (χ3n) is 13.3. The summed E-state index contributed by atoms with van der Waals surface area (Å²) in [7, 11) is 6.89. The van der Waals surface area contributed by atoms with E-state index < -0.39 is 0 Å². The number of rotatable bonds is 6. The minimum absolute atomic E-state index is 0.650. The predicted molar refractivity (Wildman–Crippen MR) is 258 cm³/mol. The third-order valence-corrected chi connectivity index (χ3v) is 13.3. The van der Waals surface area contributed by atoms with Gasteiger partial charge in [0.15, 0.2) is 5.84 Å². The number of amidine groups is 1. The van der Waals surface area contributed by atoms with Crippen molar-refractivity contribution in [1.82, 2.24) is 0 Å². The van der Waals surface area contributed by atoms with Gasteiger partial charge in [-0.05, 0) is 143 Å². The zero-order valence-electron chi connectivity index (χ0n) is 35.1. The molecular formula is C53H47B3N2. The summed E-state index contributed by atoms with van der Waals surface area (Å²) >= 11 is 0. The van der Waals surface area contributed by atoms with Crippen molar-refractivity contribution >= 4 is 57.2 Å². The van der Waals surface area contributed by atoms with Gasteiger partial charge in [0.25, 0.3) is 0 Å². The van der Waals surface area contributed by atoms with Crippen LogP contribution in [0, 0.1) is 27.7 Å². The van der Waals surface area contributed by atoms with Crippen molar-refractivity contribution in [3.63, 3.8) is 0 Å². The summed E-state index contributed by atoms with van der Waals surface area (Å²) < 4.78 is 0. The van der Waals surface area contributed by atoms with Gasteiger partial charge >= 0.3 is 0 Å². The third kappa shape index (κ3) is 6.16. The highest BCUT2D eigenvalue weighted by Crippen LogP contribution is 2.45. The fourth-order valence-corrected chi connectivity index (χ4v) is 9.70. The lowest BCUT2D eigenvalue weighted by Gasteiger charge is -2.21. The Morgan fingerprint density at radius 3 is 1.90 bits per heavy atom. The molecule has 0 spiro atoms. The van der Waals surface area contributed by atoms with Crippen molar-refractivity contribution < 1.29 is 0 Å². The summed E-state index contributed by atoms with van der Waals surface area (Å²) in [6, 6.07) is 43.3. The molecule has 0 heterocycles. The van der Waals surface area contributed by atoms with Gasteiger partial charge < -0.3 is 0 Å². The number of aliphatic imine (C=N–C) groups is 2. The van der Waals surface area contributed by atoms with Gasteiger partial charge in [-0.2, -0.15) is 0 Å². The van der Waals surface area contributed by atoms with Gasteiger partial charge in [0.1, 0.15) is 23.5 Å². The highest BCUT2D eigenvalue weighted by Gasteiger charge is 2.30. The largest absolute Gasteiger partial charge is 0.233 e. The topological polar surface area (TPSA) is 24.7 Å². The Kier molecular flexibility index (Phi) is 9.44. The van der Waals surface area contributed by atoms with Gasteiger partial charge in [0.05, 0.1) is 5.70 Å². The van der Waals surface area contributed by atoms with E-state index in [1.165, 1.54) is 105 Å². The fraction of sp³-hybridized carbons (Fsp3) is 0.132. The van der Waals surface area contributed by atoms with Crippen LogP contribution in [0.25, 0.3) is 50.2 Å². The van der Waals surface area contributed by atoms with Gasteiger partial charge in [-0.25, -0.2) is 9.98 Å². The second kappa shape index (κ2) is 14.6. The monoisotopic (exact) mass is 744 g/mol. The lowest BCUT2D eigenvalue weighted by molar-refractivity contribution is 1.22. The van der Waals surface area contributed by atoms with Crippen molar-refractivity contribution in [2.45, 2.75) is 47.5 Å². The summed E-state index contributed by atoms with van der Waals surface area (Å²) in [5, 5.41) is 0. The molecule has 5 heteroatoms. The average Bonchev–Trinajstić information content (AvgIpc) is 3.85. The van der Waals surface area contributed by atoms with Crippen molar-refractivity contribution in [1.29, 1.82) is 0 Å². The molecule has 0 fully saturated rings. The highest BCUT2D eigenvalue weighted by molar-refractivity contribution is 6.50. The summed E-state index contributed by atoms with van der Waals surface area (Å²) in [5.41, 5.74) is 30.3. The molecule has 278 valence electrons. The van der Waals surface area contributed by atoms with E-state index in [0.717, 1.165) is 35.2 Å². The first-order valence-corrected chi connectivity index (χ1v) is 20.5. The molecule has 0 saturated heterocycles. The van der Waals surface area contributed by atoms with E-state index in [0.29, 0.717) is 11.5 Å². The molecule has 0 N–H and O–H groups in total. The molecule has 0 atom stereocenters. The molecule has 0 unspecified atom stereocenters. The zero-order valence-corrected chi connectivity index (χ0v) is 35.1. The molecule has 2 aliphatic rings. The van der Waals surface area contributed by atoms with Gasteiger partial charge in [0.2, 0.25) is 0 Å². The smallest absolute Gasteiger partial charge is 0.160 e. The lowest BCUT2D eigenvalue weighted by Crippen LogP contribution is -2.32. The van der Waals surface area contributed by atoms with E-state index in [9.17, 15) is 0 Å². The first-order valence-electron chi connectivity index (χ1n) is 20.5. The maximum atomic E-state index is 5.36. The van der Waals surface area contributed by atoms with E-state index >= 15 is 0 Å². The molecule has 0 aromatic heterocycles. The first-order chi connectivity index (χ1) is 28.0. The molecule has 0 aliphatic heterocycles. The summed E-state index contributed by atoms with van der Waals surface area (Å²) in [6.07, 6.45) is 1.92. The van der Waals surface area contributed by atoms with Gasteiger partial charge in [-0.3, -0.25) is 0 Å². The molecule has 0 radical (unpaired) electrons. The molecule has 0 saturated carbocycles. The lowest BCUT2D eigenvalue weighted by atomic mass is 9.72. The van der Waals surface area contributed by atoms with Gasteiger partial charge in [-0.15, -0.1) is 0 Å². The minimum Gasteiger partial charge on any atom is -0.233 e. The van der Waals surface area contributed by atoms with Gasteiger partial charge in [0, 0.05) is 16.8 Å². The maximum Gasteiger partial charge on any atom is 0.160 e. The summed E-state index contributed by atoms with van der Waals surface area (Å²) in [6.45, 7) is 16.0. The van der Waals surface area contributed by atoms with Crippen LogP contribution in [0.3, 0.4) is 0 Å². The average molecular weight is 744 g/mol. The number of hydrogen-bond donors (Lipinski definition) is 0. The number of benzene rings is 7. The van der Waals surface area contributed by atoms with Crippen LogP contribution >= 0.6 is 0 Å². The van der Waals surface area contributed by atoms with Crippen LogP contribution in [0.1, 0.15) is 68.1 Å². The van der Waals surface area contributed by atoms with Crippen LogP contribution in [-0.2, 0) is 12.8 Å². The Bertz CT molecular complexity index is 2920. The zero-order chi connectivity index (χ0) is 40.4. The first kappa shape index (κ1) is 37.4. The molecular weight excluding hydrogens is 697 g/mol. The SMILES string of the molecule is Bc1c(B)c(C)c2c(c1C)Cc1c(B)c(C)c(-c3cccc(C(=N/C(=C)c4cccc5c4-c4ccccc4C5)/N=C(\C)c4ccc(-c5ccccc5)cc4)c3)c(C)c1-2. The normalized spacial score (nSPS) is 12.9. The Balaban J connectivity index is 1.19. The van der Waals surface area contributed by atoms with E-state index in [1.807, 2.05) is 0 Å². The van der Waals surface area contributed by atoms with Crippen molar-refractivity contribution in [3.8, 4) is 44.5 Å². The Morgan fingerprint density at radius 2 is 1.12 bits per heavy atom. The fourth-order valence-electron chi connectivity index (χ4n) is 9.70. The molecule has 0 amide bonds. The number of fused-ring (bicyclic) bond motifs is 6. The summed E-state index contributed by atoms with van der Waals surface area (Å²) in [5.74, 6) is 0.650. The van der Waals surface area contributed by atoms with Crippen LogP contribution in [0.4, 0.5) is 0 Å². The minimum atomic E-state index is 0.650. The molecule has 0 bridgehead atoms. The molecule has 9 rings (SSSR count). The van der Waals surface area contributed by atoms with Crippen molar-refractivity contribution in [3.05, 3.63) is 189 Å². The van der Waals surface area contributed by atoms with E-state index in [2.05, 4.69) is 186 Å². The molecule has 7 aromatic rings. The van der Waals surface area contributed by atoms with Crippen LogP contribution in [0.5, 0.6) is 0 Å². The Hall–Kier alpha value is -6.19. The second-order valence-electron chi connectivity index (χ2n) is 16.4. The molecule has 2 nitrogen and oxygen atoms in total. The molecule has 7 aromatic carbocycles. The van der Waals surface area contributed by atoms with E-state index in [4.69, 9.17) is 9.98 Å². The van der Waals surface area contributed by atoms with Crippen LogP contribution in [0.15, 0.2) is 138 Å². The van der Waals surface area contributed by atoms with E-state index in [1.54, 1.807) is 0 Å². The summed E-state index contributed by atoms with van der Waals surface area (Å²) in [4.78, 5) is 10.7. The van der Waals surface area contributed by atoms with Crippen molar-refractivity contribution in [2.24, 2.45) is 9.98 Å². The highest BCUT2D eigenvalue weighted by atomic mass is 14.9. The predicted octanol–water partition coefficient (Wildman–Crippen LogP) is 8.10. The Morgan fingerprint density at radius 1 is 0.500 bits per heavy atom.